The van der Waals surface area contributed by atoms with Gasteiger partial charge in [0.2, 0.25) is 0 Å². The Hall–Kier alpha value is -1.93. The first-order valence-corrected chi connectivity index (χ1v) is 13.4. The molecule has 0 unspecified atom stereocenters. The fourth-order valence-corrected chi connectivity index (χ4v) is 6.32. The Morgan fingerprint density at radius 1 is 1.12 bits per heavy atom. The molecule has 2 saturated heterocycles. The van der Waals surface area contributed by atoms with E-state index < -0.39 is 21.9 Å². The molecule has 1 amide bonds. The summed E-state index contributed by atoms with van der Waals surface area (Å²) in [4.78, 5) is 28.0. The van der Waals surface area contributed by atoms with E-state index in [9.17, 15) is 18.0 Å². The third kappa shape index (κ3) is 6.19. The number of hydrogen-bond donors (Lipinski definition) is 3. The molecule has 1 atom stereocenters. The molecule has 190 valence electrons. The molecule has 0 bridgehead atoms. The average molecular weight is 518 g/mol. The van der Waals surface area contributed by atoms with Crippen molar-refractivity contribution in [1.29, 1.82) is 0 Å². The summed E-state index contributed by atoms with van der Waals surface area (Å²) in [5.74, 6) is 0. The van der Waals surface area contributed by atoms with Crippen molar-refractivity contribution in [3.05, 3.63) is 21.6 Å². The van der Waals surface area contributed by atoms with Crippen LogP contribution in [0.4, 0.5) is 10.5 Å². The van der Waals surface area contributed by atoms with Crippen LogP contribution in [0.5, 0.6) is 0 Å². The topological polar surface area (TPSA) is 140 Å². The van der Waals surface area contributed by atoms with Crippen LogP contribution in [0.3, 0.4) is 0 Å². The third-order valence-electron chi connectivity index (χ3n) is 6.70. The molecule has 3 N–H and O–H groups in total. The van der Waals surface area contributed by atoms with Crippen LogP contribution < -0.4 is 20.5 Å². The van der Waals surface area contributed by atoms with Gasteiger partial charge in [0.25, 0.3) is 15.8 Å². The number of carbonyl (C=O) groups is 1. The van der Waals surface area contributed by atoms with E-state index in [2.05, 4.69) is 25.1 Å². The minimum absolute atomic E-state index is 0.0549. The number of amides is 1. The first-order chi connectivity index (χ1) is 16.2. The van der Waals surface area contributed by atoms with Crippen LogP contribution in [-0.4, -0.2) is 98.4 Å². The number of nitrogens with one attached hydrogen (secondary N) is 3. The fraction of sp³-hybridized carbons (Fsp3) is 0.750. The standard InChI is InChI=1S/C20H32ClN7O5S/c1-26-8-10-28(11-9-26)34(31,32)25-15-4-2-14(3-5-15)23-20(30)33-16-6-7-27(13-16)17-12-22-24-19(29)18(17)21/h12,14-16,25H,2-11,13H2,1H3,(H,23,30)(H,24,29)/t14-,15-,16-/m1/s1. The molecule has 3 heterocycles. The first-order valence-electron chi connectivity index (χ1n) is 11.6. The number of carbonyl (C=O) groups excluding carboxylic acids is 1. The van der Waals surface area contributed by atoms with E-state index in [-0.39, 0.29) is 23.2 Å². The molecule has 12 nitrogen and oxygen atoms in total. The largest absolute Gasteiger partial charge is 0.444 e. The number of nitrogens with zero attached hydrogens (tertiary/aromatic N) is 4. The van der Waals surface area contributed by atoms with E-state index in [4.69, 9.17) is 16.3 Å². The van der Waals surface area contributed by atoms with Gasteiger partial charge in [-0.05, 0) is 32.7 Å². The van der Waals surface area contributed by atoms with Gasteiger partial charge >= 0.3 is 6.09 Å². The van der Waals surface area contributed by atoms with Gasteiger partial charge in [0.1, 0.15) is 11.1 Å². The van der Waals surface area contributed by atoms with Gasteiger partial charge in [-0.15, -0.1) is 0 Å². The Bertz CT molecular complexity index is 1020. The maximum Gasteiger partial charge on any atom is 0.407 e. The van der Waals surface area contributed by atoms with Crippen LogP contribution in [0, 0.1) is 0 Å². The molecule has 34 heavy (non-hydrogen) atoms. The predicted octanol–water partition coefficient (Wildman–Crippen LogP) is 0.121. The van der Waals surface area contributed by atoms with Crippen LogP contribution in [0.25, 0.3) is 0 Å². The van der Waals surface area contributed by atoms with E-state index in [0.29, 0.717) is 64.0 Å². The van der Waals surface area contributed by atoms with Gasteiger partial charge in [0, 0.05) is 51.2 Å². The van der Waals surface area contributed by atoms with Crippen LogP contribution in [0.15, 0.2) is 11.0 Å². The molecule has 1 aromatic rings. The number of aromatic amines is 1. The number of ether oxygens (including phenoxy) is 1. The molecule has 3 fully saturated rings. The molecule has 3 aliphatic rings. The van der Waals surface area contributed by atoms with Gasteiger partial charge in [-0.2, -0.15) is 22.5 Å². The number of piperazine rings is 1. The summed E-state index contributed by atoms with van der Waals surface area (Å²) in [5.41, 5.74) is 0.0666. The van der Waals surface area contributed by atoms with E-state index in [0.717, 1.165) is 13.1 Å². The van der Waals surface area contributed by atoms with Crippen molar-refractivity contribution in [2.24, 2.45) is 0 Å². The minimum Gasteiger partial charge on any atom is -0.444 e. The van der Waals surface area contributed by atoms with Crippen LogP contribution in [-0.2, 0) is 14.9 Å². The highest BCUT2D eigenvalue weighted by molar-refractivity contribution is 7.87. The van der Waals surface area contributed by atoms with Crippen molar-refractivity contribution in [3.8, 4) is 0 Å². The Labute approximate surface area is 204 Å². The molecule has 1 aliphatic carbocycles. The van der Waals surface area contributed by atoms with Gasteiger partial charge in [-0.25, -0.2) is 9.89 Å². The number of alkyl carbamates (subject to hydrolysis) is 1. The highest BCUT2D eigenvalue weighted by Gasteiger charge is 2.32. The summed E-state index contributed by atoms with van der Waals surface area (Å²) < 4.78 is 35.2. The molecule has 0 aromatic carbocycles. The Kier molecular flexibility index (Phi) is 7.97. The summed E-state index contributed by atoms with van der Waals surface area (Å²) in [5, 5.41) is 9.04. The van der Waals surface area contributed by atoms with Gasteiger partial charge in [0.15, 0.2) is 0 Å². The second kappa shape index (κ2) is 10.8. The third-order valence-corrected chi connectivity index (χ3v) is 8.74. The van der Waals surface area contributed by atoms with Gasteiger partial charge in [0.05, 0.1) is 18.4 Å². The zero-order valence-corrected chi connectivity index (χ0v) is 20.8. The second-order valence-electron chi connectivity index (χ2n) is 9.18. The van der Waals surface area contributed by atoms with E-state index in [1.54, 1.807) is 0 Å². The van der Waals surface area contributed by atoms with Crippen LogP contribution >= 0.6 is 11.6 Å². The number of halogens is 1. The fourth-order valence-electron chi connectivity index (χ4n) is 4.66. The second-order valence-corrected chi connectivity index (χ2v) is 11.3. The summed E-state index contributed by atoms with van der Waals surface area (Å²) in [6.45, 7) is 3.48. The smallest absolute Gasteiger partial charge is 0.407 e. The van der Waals surface area contributed by atoms with Crippen molar-refractivity contribution >= 4 is 33.6 Å². The van der Waals surface area contributed by atoms with Gasteiger partial charge in [-0.1, -0.05) is 11.6 Å². The lowest BCUT2D eigenvalue weighted by atomic mass is 9.92. The minimum atomic E-state index is -3.49. The quantitative estimate of drug-likeness (QED) is 0.483. The number of hydrogen-bond acceptors (Lipinski definition) is 8. The summed E-state index contributed by atoms with van der Waals surface area (Å²) in [6, 6.07) is -0.185. The maximum atomic E-state index is 12.7. The van der Waals surface area contributed by atoms with E-state index in [1.807, 2.05) is 11.9 Å². The normalized spacial score (nSPS) is 27.0. The van der Waals surface area contributed by atoms with E-state index in [1.165, 1.54) is 10.5 Å². The number of anilines is 1. The van der Waals surface area contributed by atoms with Crippen molar-refractivity contribution in [3.63, 3.8) is 0 Å². The SMILES string of the molecule is CN1CCN(S(=O)(=O)N[C@H]2CC[C@H](NC(=O)O[C@@H]3CCN(c4cn[nH]c(=O)c4Cl)C3)CC2)CC1. The molecule has 0 spiro atoms. The molecule has 0 radical (unpaired) electrons. The lowest BCUT2D eigenvalue weighted by molar-refractivity contribution is 0.102. The zero-order valence-electron chi connectivity index (χ0n) is 19.2. The van der Waals surface area contributed by atoms with Gasteiger partial charge < -0.3 is 19.9 Å². The first kappa shape index (κ1) is 25.2. The zero-order chi connectivity index (χ0) is 24.3. The Morgan fingerprint density at radius 3 is 2.50 bits per heavy atom. The summed E-state index contributed by atoms with van der Waals surface area (Å²) >= 11 is 6.06. The number of aromatic nitrogens is 2. The highest BCUT2D eigenvalue weighted by Crippen LogP contribution is 2.26. The molecule has 1 aromatic heterocycles. The monoisotopic (exact) mass is 517 g/mol. The van der Waals surface area contributed by atoms with Crippen molar-refractivity contribution < 1.29 is 17.9 Å². The molecular formula is C20H32ClN7O5S. The molecular weight excluding hydrogens is 486 g/mol. The van der Waals surface area contributed by atoms with Gasteiger partial charge in [-0.3, -0.25) is 4.79 Å². The molecule has 1 saturated carbocycles. The van der Waals surface area contributed by atoms with Crippen molar-refractivity contribution in [2.45, 2.75) is 50.3 Å². The number of likely N-dealkylation sites (N-methyl/N-ethyl adjacent to an activating group) is 1. The lowest BCUT2D eigenvalue weighted by Crippen LogP contribution is -2.53. The molecule has 4 rings (SSSR count). The summed E-state index contributed by atoms with van der Waals surface area (Å²) in [7, 11) is -1.51. The molecule has 2 aliphatic heterocycles. The number of H-pyrrole nitrogens is 1. The summed E-state index contributed by atoms with van der Waals surface area (Å²) in [6.07, 6.45) is 3.98. The Balaban J connectivity index is 1.18. The number of rotatable bonds is 6. The van der Waals surface area contributed by atoms with Crippen molar-refractivity contribution in [1.82, 2.24) is 29.4 Å². The Morgan fingerprint density at radius 2 is 1.79 bits per heavy atom. The van der Waals surface area contributed by atoms with Crippen molar-refractivity contribution in [2.75, 3.05) is 51.2 Å². The highest BCUT2D eigenvalue weighted by atomic mass is 35.5. The van der Waals surface area contributed by atoms with Crippen LogP contribution in [0.2, 0.25) is 5.02 Å². The molecule has 14 heteroatoms. The van der Waals surface area contributed by atoms with Crippen LogP contribution in [0.1, 0.15) is 32.1 Å². The predicted molar refractivity (Wildman–Crippen MR) is 127 cm³/mol. The maximum absolute atomic E-state index is 12.7. The van der Waals surface area contributed by atoms with E-state index >= 15 is 0 Å². The average Bonchev–Trinajstić information content (AvgIpc) is 3.25. The lowest BCUT2D eigenvalue weighted by Gasteiger charge is -2.34.